The van der Waals surface area contributed by atoms with E-state index in [1.54, 1.807) is 28.9 Å². The van der Waals surface area contributed by atoms with Crippen LogP contribution in [-0.4, -0.2) is 37.8 Å². The lowest BCUT2D eigenvalue weighted by atomic mass is 10.1. The van der Waals surface area contributed by atoms with Gasteiger partial charge in [-0.15, -0.1) is 5.10 Å². The molecular formula is C26H26N6O2S. The van der Waals surface area contributed by atoms with Crippen LogP contribution >= 0.6 is 11.8 Å². The number of benzene rings is 3. The van der Waals surface area contributed by atoms with Gasteiger partial charge in [0.1, 0.15) is 0 Å². The van der Waals surface area contributed by atoms with Crippen LogP contribution in [0.15, 0.2) is 78.0 Å². The van der Waals surface area contributed by atoms with E-state index < -0.39 is 0 Å². The van der Waals surface area contributed by atoms with Gasteiger partial charge in [-0.2, -0.15) is 4.68 Å². The summed E-state index contributed by atoms with van der Waals surface area (Å²) in [5.74, 6) is -0.437. The third kappa shape index (κ3) is 5.75. The fourth-order valence-corrected chi connectivity index (χ4v) is 4.43. The predicted octanol–water partition coefficient (Wildman–Crippen LogP) is 4.50. The molecule has 0 saturated carbocycles. The Bertz CT molecular complexity index is 1320. The summed E-state index contributed by atoms with van der Waals surface area (Å²) in [5.41, 5.74) is 4.82. The molecule has 0 aliphatic heterocycles. The average molecular weight is 487 g/mol. The van der Waals surface area contributed by atoms with Gasteiger partial charge in [0, 0.05) is 0 Å². The SMILES string of the molecule is Cc1cccc(C)c1-n1nnnc1SCC(=O)Nc1ccccc1C(=O)N[C@@H](C)c1ccccc1. The van der Waals surface area contributed by atoms with E-state index in [0.29, 0.717) is 16.4 Å². The fourth-order valence-electron chi connectivity index (χ4n) is 3.75. The van der Waals surface area contributed by atoms with E-state index in [4.69, 9.17) is 0 Å². The molecule has 1 atom stereocenters. The van der Waals surface area contributed by atoms with Crippen molar-refractivity contribution in [3.05, 3.63) is 95.1 Å². The smallest absolute Gasteiger partial charge is 0.253 e. The number of nitrogens with zero attached hydrogens (tertiary/aromatic N) is 4. The van der Waals surface area contributed by atoms with Gasteiger partial charge in [0.15, 0.2) is 0 Å². The lowest BCUT2D eigenvalue weighted by Gasteiger charge is -2.16. The third-order valence-electron chi connectivity index (χ3n) is 5.52. The summed E-state index contributed by atoms with van der Waals surface area (Å²) in [4.78, 5) is 25.7. The van der Waals surface area contributed by atoms with E-state index >= 15 is 0 Å². The molecule has 1 heterocycles. The molecule has 0 unspecified atom stereocenters. The van der Waals surface area contributed by atoms with Crippen molar-refractivity contribution >= 4 is 29.3 Å². The monoisotopic (exact) mass is 486 g/mol. The molecule has 2 N–H and O–H groups in total. The first-order valence-corrected chi connectivity index (χ1v) is 12.1. The van der Waals surface area contributed by atoms with Crippen molar-refractivity contribution in [1.29, 1.82) is 0 Å². The number of rotatable bonds is 8. The second kappa shape index (κ2) is 11.0. The van der Waals surface area contributed by atoms with Gasteiger partial charge in [0.05, 0.1) is 28.7 Å². The number of anilines is 1. The summed E-state index contributed by atoms with van der Waals surface area (Å²) in [6.07, 6.45) is 0. The lowest BCUT2D eigenvalue weighted by molar-refractivity contribution is -0.113. The molecule has 3 aromatic carbocycles. The number of nitrogens with one attached hydrogen (secondary N) is 2. The van der Waals surface area contributed by atoms with Gasteiger partial charge in [-0.1, -0.05) is 72.4 Å². The summed E-state index contributed by atoms with van der Waals surface area (Å²) in [6, 6.07) is 22.5. The number of amides is 2. The number of hydrogen-bond donors (Lipinski definition) is 2. The van der Waals surface area contributed by atoms with Crippen molar-refractivity contribution in [1.82, 2.24) is 25.5 Å². The van der Waals surface area contributed by atoms with E-state index in [9.17, 15) is 9.59 Å². The Balaban J connectivity index is 1.42. The Kier molecular flexibility index (Phi) is 7.57. The first-order valence-electron chi connectivity index (χ1n) is 11.2. The summed E-state index contributed by atoms with van der Waals surface area (Å²) >= 11 is 1.23. The molecule has 4 aromatic rings. The van der Waals surface area contributed by atoms with E-state index in [2.05, 4.69) is 26.2 Å². The molecular weight excluding hydrogens is 460 g/mol. The van der Waals surface area contributed by atoms with Crippen molar-refractivity contribution in [2.45, 2.75) is 32.0 Å². The largest absolute Gasteiger partial charge is 0.345 e. The Labute approximate surface area is 208 Å². The number of carbonyl (C=O) groups excluding carboxylic acids is 2. The molecule has 0 radical (unpaired) electrons. The zero-order valence-electron chi connectivity index (χ0n) is 19.7. The van der Waals surface area contributed by atoms with Gasteiger partial charge in [-0.05, 0) is 60.0 Å². The van der Waals surface area contributed by atoms with Gasteiger partial charge in [-0.25, -0.2) is 0 Å². The Morgan fingerprint density at radius 2 is 1.63 bits per heavy atom. The minimum Gasteiger partial charge on any atom is -0.345 e. The highest BCUT2D eigenvalue weighted by molar-refractivity contribution is 7.99. The number of hydrogen-bond acceptors (Lipinski definition) is 6. The molecule has 9 heteroatoms. The predicted molar refractivity (Wildman–Crippen MR) is 137 cm³/mol. The molecule has 0 spiro atoms. The second-order valence-corrected chi connectivity index (χ2v) is 9.04. The molecule has 1 aromatic heterocycles. The molecule has 0 bridgehead atoms. The van der Waals surface area contributed by atoms with Crippen molar-refractivity contribution in [3.8, 4) is 5.69 Å². The zero-order chi connectivity index (χ0) is 24.8. The molecule has 0 saturated heterocycles. The van der Waals surface area contributed by atoms with E-state index in [1.807, 2.05) is 69.3 Å². The van der Waals surface area contributed by atoms with E-state index in [0.717, 1.165) is 22.4 Å². The topological polar surface area (TPSA) is 102 Å². The highest BCUT2D eigenvalue weighted by Crippen LogP contribution is 2.24. The molecule has 4 rings (SSSR count). The molecule has 178 valence electrons. The Morgan fingerprint density at radius 3 is 2.37 bits per heavy atom. The maximum absolute atomic E-state index is 12.9. The summed E-state index contributed by atoms with van der Waals surface area (Å²) < 4.78 is 1.65. The average Bonchev–Trinajstić information content (AvgIpc) is 3.31. The highest BCUT2D eigenvalue weighted by Gasteiger charge is 2.18. The van der Waals surface area contributed by atoms with Crippen LogP contribution in [0.2, 0.25) is 0 Å². The van der Waals surface area contributed by atoms with Crippen LogP contribution in [0.1, 0.15) is 40.0 Å². The number of aryl methyl sites for hydroxylation is 2. The highest BCUT2D eigenvalue weighted by atomic mass is 32.2. The van der Waals surface area contributed by atoms with Crippen molar-refractivity contribution in [2.75, 3.05) is 11.1 Å². The number of para-hydroxylation sites is 2. The Morgan fingerprint density at radius 1 is 0.943 bits per heavy atom. The van der Waals surface area contributed by atoms with Crippen LogP contribution in [-0.2, 0) is 4.79 Å². The normalized spacial score (nSPS) is 11.6. The van der Waals surface area contributed by atoms with Crippen LogP contribution in [0, 0.1) is 13.8 Å². The van der Waals surface area contributed by atoms with Crippen LogP contribution in [0.25, 0.3) is 5.69 Å². The van der Waals surface area contributed by atoms with Crippen molar-refractivity contribution < 1.29 is 9.59 Å². The maximum Gasteiger partial charge on any atom is 0.253 e. The molecule has 0 aliphatic carbocycles. The van der Waals surface area contributed by atoms with E-state index in [-0.39, 0.29) is 23.6 Å². The first kappa shape index (κ1) is 24.2. The lowest BCUT2D eigenvalue weighted by Crippen LogP contribution is -2.28. The Hall–Kier alpha value is -3.98. The number of tetrazole rings is 1. The molecule has 8 nitrogen and oxygen atoms in total. The fraction of sp³-hybridized carbons (Fsp3) is 0.192. The van der Waals surface area contributed by atoms with E-state index in [1.165, 1.54) is 11.8 Å². The van der Waals surface area contributed by atoms with Gasteiger partial charge >= 0.3 is 0 Å². The third-order valence-corrected chi connectivity index (χ3v) is 6.44. The molecule has 0 fully saturated rings. The summed E-state index contributed by atoms with van der Waals surface area (Å²) in [5, 5.41) is 18.3. The minimum atomic E-state index is -0.262. The van der Waals surface area contributed by atoms with Gasteiger partial charge in [0.25, 0.3) is 5.91 Å². The van der Waals surface area contributed by atoms with Crippen molar-refractivity contribution in [3.63, 3.8) is 0 Å². The second-order valence-electron chi connectivity index (χ2n) is 8.10. The molecule has 0 aliphatic rings. The summed E-state index contributed by atoms with van der Waals surface area (Å²) in [7, 11) is 0. The van der Waals surface area contributed by atoms with Crippen LogP contribution < -0.4 is 10.6 Å². The van der Waals surface area contributed by atoms with Crippen molar-refractivity contribution in [2.24, 2.45) is 0 Å². The van der Waals surface area contributed by atoms with Gasteiger partial charge < -0.3 is 10.6 Å². The first-order chi connectivity index (χ1) is 16.9. The number of thioether (sulfide) groups is 1. The van der Waals surface area contributed by atoms with Crippen LogP contribution in [0.3, 0.4) is 0 Å². The van der Waals surface area contributed by atoms with Gasteiger partial charge in [-0.3, -0.25) is 9.59 Å². The van der Waals surface area contributed by atoms with Crippen LogP contribution in [0.4, 0.5) is 5.69 Å². The molecule has 35 heavy (non-hydrogen) atoms. The summed E-state index contributed by atoms with van der Waals surface area (Å²) in [6.45, 7) is 5.91. The number of carbonyl (C=O) groups is 2. The van der Waals surface area contributed by atoms with Gasteiger partial charge in [0.2, 0.25) is 11.1 Å². The standard InChI is InChI=1S/C26H26N6O2S/c1-17-10-9-11-18(2)24(17)32-26(29-30-31-32)35-16-23(33)28-22-15-8-7-14-21(22)25(34)27-19(3)20-12-5-4-6-13-20/h4-15,19H,16H2,1-3H3,(H,27,34)(H,28,33)/t19-/m0/s1. The zero-order valence-corrected chi connectivity index (χ0v) is 20.5. The minimum absolute atomic E-state index is 0.0850. The quantitative estimate of drug-likeness (QED) is 0.356. The maximum atomic E-state index is 12.9. The van der Waals surface area contributed by atoms with Crippen LogP contribution in [0.5, 0.6) is 0 Å². The number of aromatic nitrogens is 4. The molecule has 2 amide bonds.